The summed E-state index contributed by atoms with van der Waals surface area (Å²) in [7, 11) is 0. The predicted octanol–water partition coefficient (Wildman–Crippen LogP) is 5.35. The summed E-state index contributed by atoms with van der Waals surface area (Å²) in [5.41, 5.74) is 1.31. The van der Waals surface area contributed by atoms with Crippen LogP contribution < -0.4 is 5.32 Å². The van der Waals surface area contributed by atoms with E-state index >= 15 is 0 Å². The Balaban J connectivity index is 2.30. The molecule has 0 heterocycles. The first-order valence-corrected chi connectivity index (χ1v) is 7.52. The van der Waals surface area contributed by atoms with Crippen molar-refractivity contribution in [2.45, 2.75) is 65.0 Å². The summed E-state index contributed by atoms with van der Waals surface area (Å²) in [6.07, 6.45) is 6.62. The normalized spacial score (nSPS) is 14.4. The molecule has 1 nitrogen and oxygen atoms in total. The lowest BCUT2D eigenvalue weighted by Gasteiger charge is -2.20. The molecule has 2 atom stereocenters. The van der Waals surface area contributed by atoms with Gasteiger partial charge in [0.25, 0.3) is 0 Å². The lowest BCUT2D eigenvalue weighted by molar-refractivity contribution is 0.438. The second kappa shape index (κ2) is 8.55. The van der Waals surface area contributed by atoms with E-state index in [4.69, 9.17) is 11.6 Å². The molecule has 0 aliphatic heterocycles. The molecule has 0 aliphatic carbocycles. The smallest absolute Gasteiger partial charge is 0.0406 e. The molecule has 1 aromatic carbocycles. The Kier molecular flexibility index (Phi) is 7.38. The first kappa shape index (κ1) is 15.5. The van der Waals surface area contributed by atoms with Crippen molar-refractivity contribution < 1.29 is 0 Å². The highest BCUT2D eigenvalue weighted by Crippen LogP contribution is 2.17. The van der Waals surface area contributed by atoms with Crippen molar-refractivity contribution in [3.63, 3.8) is 0 Å². The van der Waals surface area contributed by atoms with E-state index < -0.39 is 0 Å². The second-order valence-electron chi connectivity index (χ2n) is 5.19. The second-order valence-corrected chi connectivity index (χ2v) is 5.63. The van der Waals surface area contributed by atoms with Crippen LogP contribution in [0.1, 0.15) is 64.5 Å². The van der Waals surface area contributed by atoms with E-state index in [1.54, 1.807) is 0 Å². The number of hydrogen-bond donors (Lipinski definition) is 1. The molecule has 0 fully saturated rings. The SMILES string of the molecule is CCCCCCC(C)N[C@H](C)c1ccc(Cl)cc1. The summed E-state index contributed by atoms with van der Waals surface area (Å²) in [4.78, 5) is 0. The highest BCUT2D eigenvalue weighted by atomic mass is 35.5. The van der Waals surface area contributed by atoms with Crippen LogP contribution >= 0.6 is 11.6 Å². The molecule has 102 valence electrons. The van der Waals surface area contributed by atoms with Crippen LogP contribution in [-0.4, -0.2) is 6.04 Å². The van der Waals surface area contributed by atoms with Crippen LogP contribution in [0.25, 0.3) is 0 Å². The van der Waals surface area contributed by atoms with Crippen molar-refractivity contribution in [3.05, 3.63) is 34.9 Å². The van der Waals surface area contributed by atoms with Crippen LogP contribution in [0.15, 0.2) is 24.3 Å². The number of rotatable bonds is 8. The summed E-state index contributed by atoms with van der Waals surface area (Å²) in [5.74, 6) is 0. The lowest BCUT2D eigenvalue weighted by Crippen LogP contribution is -2.28. The van der Waals surface area contributed by atoms with E-state index in [9.17, 15) is 0 Å². The molecule has 0 aromatic heterocycles. The van der Waals surface area contributed by atoms with Crippen LogP contribution in [0.2, 0.25) is 5.02 Å². The maximum absolute atomic E-state index is 5.90. The fraction of sp³-hybridized carbons (Fsp3) is 0.625. The fourth-order valence-corrected chi connectivity index (χ4v) is 2.36. The van der Waals surface area contributed by atoms with Crippen LogP contribution in [0, 0.1) is 0 Å². The molecule has 0 saturated carbocycles. The Morgan fingerprint density at radius 2 is 1.72 bits per heavy atom. The third kappa shape index (κ3) is 5.88. The first-order valence-electron chi connectivity index (χ1n) is 7.15. The van der Waals surface area contributed by atoms with Gasteiger partial charge in [0.1, 0.15) is 0 Å². The summed E-state index contributed by atoms with van der Waals surface area (Å²) >= 11 is 5.90. The molecule has 1 rings (SSSR count). The highest BCUT2D eigenvalue weighted by molar-refractivity contribution is 6.30. The van der Waals surface area contributed by atoms with Gasteiger partial charge in [0, 0.05) is 17.1 Å². The Labute approximate surface area is 117 Å². The third-order valence-corrected chi connectivity index (χ3v) is 3.65. The van der Waals surface area contributed by atoms with Crippen LogP contribution in [-0.2, 0) is 0 Å². The van der Waals surface area contributed by atoms with Crippen molar-refractivity contribution in [2.24, 2.45) is 0 Å². The van der Waals surface area contributed by atoms with E-state index in [1.807, 2.05) is 12.1 Å². The molecule has 0 radical (unpaired) electrons. The zero-order chi connectivity index (χ0) is 13.4. The fourth-order valence-electron chi connectivity index (χ4n) is 2.24. The van der Waals surface area contributed by atoms with Crippen molar-refractivity contribution >= 4 is 11.6 Å². The zero-order valence-electron chi connectivity index (χ0n) is 11.9. The molecule has 0 amide bonds. The van der Waals surface area contributed by atoms with Crippen LogP contribution in [0.4, 0.5) is 0 Å². The van der Waals surface area contributed by atoms with Crippen LogP contribution in [0.3, 0.4) is 0 Å². The molecule has 0 spiro atoms. The molecule has 1 N–H and O–H groups in total. The maximum atomic E-state index is 5.90. The molecule has 1 unspecified atom stereocenters. The first-order chi connectivity index (χ1) is 8.63. The Morgan fingerprint density at radius 3 is 2.33 bits per heavy atom. The van der Waals surface area contributed by atoms with Gasteiger partial charge in [0.2, 0.25) is 0 Å². The average Bonchev–Trinajstić information content (AvgIpc) is 2.35. The largest absolute Gasteiger partial charge is 0.308 e. The summed E-state index contributed by atoms with van der Waals surface area (Å²) in [6, 6.07) is 9.09. The van der Waals surface area contributed by atoms with Gasteiger partial charge in [-0.2, -0.15) is 0 Å². The molecule has 0 aliphatic rings. The topological polar surface area (TPSA) is 12.0 Å². The van der Waals surface area contributed by atoms with E-state index in [0.29, 0.717) is 12.1 Å². The molecule has 2 heteroatoms. The minimum atomic E-state index is 0.392. The van der Waals surface area contributed by atoms with Gasteiger partial charge >= 0.3 is 0 Å². The van der Waals surface area contributed by atoms with Gasteiger partial charge in [0.15, 0.2) is 0 Å². The molecule has 18 heavy (non-hydrogen) atoms. The number of halogens is 1. The number of unbranched alkanes of at least 4 members (excludes halogenated alkanes) is 3. The average molecular weight is 268 g/mol. The number of nitrogens with one attached hydrogen (secondary N) is 1. The van der Waals surface area contributed by atoms with Gasteiger partial charge in [-0.3, -0.25) is 0 Å². The molecule has 0 bridgehead atoms. The van der Waals surface area contributed by atoms with Gasteiger partial charge in [-0.15, -0.1) is 0 Å². The molecule has 1 aromatic rings. The summed E-state index contributed by atoms with van der Waals surface area (Å²) in [5, 5.41) is 4.45. The minimum absolute atomic E-state index is 0.392. The standard InChI is InChI=1S/C16H26ClN/c1-4-5-6-7-8-13(2)18-14(3)15-9-11-16(17)12-10-15/h9-14,18H,4-8H2,1-3H3/t13?,14-/m1/s1. The number of benzene rings is 1. The molecular formula is C16H26ClN. The molecular weight excluding hydrogens is 242 g/mol. The maximum Gasteiger partial charge on any atom is 0.0406 e. The van der Waals surface area contributed by atoms with E-state index in [2.05, 4.69) is 38.2 Å². The van der Waals surface area contributed by atoms with Crippen molar-refractivity contribution in [3.8, 4) is 0 Å². The predicted molar refractivity (Wildman–Crippen MR) is 81.2 cm³/mol. The summed E-state index contributed by atoms with van der Waals surface area (Å²) < 4.78 is 0. The highest BCUT2D eigenvalue weighted by Gasteiger charge is 2.08. The van der Waals surface area contributed by atoms with Crippen molar-refractivity contribution in [1.82, 2.24) is 5.32 Å². The third-order valence-electron chi connectivity index (χ3n) is 3.40. The van der Waals surface area contributed by atoms with Gasteiger partial charge in [0.05, 0.1) is 0 Å². The molecule has 0 saturated heterocycles. The van der Waals surface area contributed by atoms with Gasteiger partial charge in [-0.05, 0) is 38.0 Å². The van der Waals surface area contributed by atoms with Crippen LogP contribution in [0.5, 0.6) is 0 Å². The van der Waals surface area contributed by atoms with Gasteiger partial charge < -0.3 is 5.32 Å². The van der Waals surface area contributed by atoms with E-state index in [0.717, 1.165) is 5.02 Å². The van der Waals surface area contributed by atoms with Gasteiger partial charge in [-0.25, -0.2) is 0 Å². The zero-order valence-corrected chi connectivity index (χ0v) is 12.6. The quantitative estimate of drug-likeness (QED) is 0.626. The van der Waals surface area contributed by atoms with E-state index in [1.165, 1.54) is 37.7 Å². The Hall–Kier alpha value is -0.530. The van der Waals surface area contributed by atoms with E-state index in [-0.39, 0.29) is 0 Å². The monoisotopic (exact) mass is 267 g/mol. The number of hydrogen-bond acceptors (Lipinski definition) is 1. The minimum Gasteiger partial charge on any atom is -0.308 e. The lowest BCUT2D eigenvalue weighted by atomic mass is 10.0. The summed E-state index contributed by atoms with van der Waals surface area (Å²) in [6.45, 7) is 6.74. The Bertz CT molecular complexity index is 320. The van der Waals surface area contributed by atoms with Gasteiger partial charge in [-0.1, -0.05) is 56.3 Å². The van der Waals surface area contributed by atoms with Crippen molar-refractivity contribution in [1.29, 1.82) is 0 Å². The Morgan fingerprint density at radius 1 is 1.06 bits per heavy atom. The van der Waals surface area contributed by atoms with Crippen molar-refractivity contribution in [2.75, 3.05) is 0 Å².